The second kappa shape index (κ2) is 12.5. The van der Waals surface area contributed by atoms with E-state index >= 15 is 0 Å². The van der Waals surface area contributed by atoms with Crippen molar-refractivity contribution in [2.75, 3.05) is 19.6 Å². The van der Waals surface area contributed by atoms with Crippen LogP contribution in [0.25, 0.3) is 0 Å². The summed E-state index contributed by atoms with van der Waals surface area (Å²) in [4.78, 5) is 15.7. The summed E-state index contributed by atoms with van der Waals surface area (Å²) < 4.78 is 0. The number of hydrogen-bond donors (Lipinski definition) is 3. The molecule has 0 aromatic rings. The van der Waals surface area contributed by atoms with Gasteiger partial charge in [-0.3, -0.25) is 4.79 Å². The average Bonchev–Trinajstić information content (AvgIpc) is 2.33. The molecular formula is C13H29IN4O. The maximum atomic E-state index is 11.5. The van der Waals surface area contributed by atoms with E-state index in [4.69, 9.17) is 0 Å². The summed E-state index contributed by atoms with van der Waals surface area (Å²) in [5, 5.41) is 9.23. The molecule has 114 valence electrons. The van der Waals surface area contributed by atoms with Crippen molar-refractivity contribution in [3.8, 4) is 0 Å². The van der Waals surface area contributed by atoms with Gasteiger partial charge < -0.3 is 16.0 Å². The Morgan fingerprint density at radius 1 is 1.16 bits per heavy atom. The Labute approximate surface area is 134 Å². The van der Waals surface area contributed by atoms with Crippen molar-refractivity contribution in [1.82, 2.24) is 16.0 Å². The van der Waals surface area contributed by atoms with Crippen molar-refractivity contribution in [3.63, 3.8) is 0 Å². The molecule has 19 heavy (non-hydrogen) atoms. The zero-order chi connectivity index (χ0) is 14.0. The van der Waals surface area contributed by atoms with Crippen LogP contribution in [-0.2, 0) is 4.79 Å². The molecule has 0 saturated carbocycles. The second-order valence-electron chi connectivity index (χ2n) is 4.72. The number of nitrogens with one attached hydrogen (secondary N) is 3. The van der Waals surface area contributed by atoms with E-state index in [9.17, 15) is 4.79 Å². The summed E-state index contributed by atoms with van der Waals surface area (Å²) in [6.07, 6.45) is 0.943. The van der Waals surface area contributed by atoms with E-state index in [0.29, 0.717) is 24.5 Å². The van der Waals surface area contributed by atoms with Gasteiger partial charge in [0.15, 0.2) is 5.96 Å². The fraction of sp³-hybridized carbons (Fsp3) is 0.846. The monoisotopic (exact) mass is 384 g/mol. The molecule has 0 bridgehead atoms. The Balaban J connectivity index is 0. The lowest BCUT2D eigenvalue weighted by Crippen LogP contribution is -2.44. The molecule has 0 aliphatic rings. The van der Waals surface area contributed by atoms with Crippen molar-refractivity contribution in [2.24, 2.45) is 10.9 Å². The predicted octanol–water partition coefficient (Wildman–Crippen LogP) is 1.73. The summed E-state index contributed by atoms with van der Waals surface area (Å²) >= 11 is 0. The number of amides is 1. The van der Waals surface area contributed by atoms with Crippen LogP contribution in [0.3, 0.4) is 0 Å². The van der Waals surface area contributed by atoms with E-state index < -0.39 is 0 Å². The lowest BCUT2D eigenvalue weighted by molar-refractivity contribution is -0.119. The van der Waals surface area contributed by atoms with Gasteiger partial charge in [-0.2, -0.15) is 0 Å². The van der Waals surface area contributed by atoms with Gasteiger partial charge in [0.05, 0.1) is 0 Å². The third-order valence-electron chi connectivity index (χ3n) is 2.66. The Morgan fingerprint density at radius 3 is 2.26 bits per heavy atom. The molecule has 0 aliphatic carbocycles. The summed E-state index contributed by atoms with van der Waals surface area (Å²) in [6.45, 7) is 12.1. The Morgan fingerprint density at radius 2 is 1.79 bits per heavy atom. The Bertz CT molecular complexity index is 269. The van der Waals surface area contributed by atoms with Crippen molar-refractivity contribution in [2.45, 2.75) is 47.1 Å². The lowest BCUT2D eigenvalue weighted by atomic mass is 10.1. The van der Waals surface area contributed by atoms with Crippen LogP contribution in [0.1, 0.15) is 41.0 Å². The quantitative estimate of drug-likeness (QED) is 0.356. The first-order valence-corrected chi connectivity index (χ1v) is 6.82. The molecule has 0 rings (SSSR count). The highest BCUT2D eigenvalue weighted by molar-refractivity contribution is 14.0. The number of aliphatic imine (C=N–C) groups is 1. The normalized spacial score (nSPS) is 12.6. The molecule has 0 aromatic carbocycles. The van der Waals surface area contributed by atoms with E-state index in [2.05, 4.69) is 41.7 Å². The van der Waals surface area contributed by atoms with Crippen LogP contribution in [0.5, 0.6) is 0 Å². The minimum Gasteiger partial charge on any atom is -0.357 e. The highest BCUT2D eigenvalue weighted by atomic mass is 127. The number of nitrogens with zero attached hydrogens (tertiary/aromatic N) is 1. The zero-order valence-corrected chi connectivity index (χ0v) is 15.1. The van der Waals surface area contributed by atoms with Crippen LogP contribution in [0.15, 0.2) is 4.99 Å². The van der Waals surface area contributed by atoms with Gasteiger partial charge in [-0.05, 0) is 26.2 Å². The van der Waals surface area contributed by atoms with Gasteiger partial charge in [0.2, 0.25) is 5.91 Å². The van der Waals surface area contributed by atoms with Gasteiger partial charge in [-0.15, -0.1) is 24.0 Å². The first kappa shape index (κ1) is 20.8. The number of hydrogen-bond acceptors (Lipinski definition) is 2. The van der Waals surface area contributed by atoms with E-state index in [1.54, 1.807) is 0 Å². The SMILES string of the molecule is CCCNC(=O)CN=C(NCC)NC(C)C(C)C.I. The number of rotatable bonds is 7. The maximum absolute atomic E-state index is 11.5. The fourth-order valence-electron chi connectivity index (χ4n) is 1.17. The van der Waals surface area contributed by atoms with Crippen molar-refractivity contribution in [1.29, 1.82) is 0 Å². The number of carbonyl (C=O) groups is 1. The molecule has 0 aliphatic heterocycles. The van der Waals surface area contributed by atoms with E-state index in [1.807, 2.05) is 13.8 Å². The molecule has 1 unspecified atom stereocenters. The van der Waals surface area contributed by atoms with Crippen LogP contribution in [-0.4, -0.2) is 37.5 Å². The van der Waals surface area contributed by atoms with Gasteiger partial charge in [-0.25, -0.2) is 4.99 Å². The highest BCUT2D eigenvalue weighted by Gasteiger charge is 2.09. The van der Waals surface area contributed by atoms with Gasteiger partial charge in [0.25, 0.3) is 0 Å². The standard InChI is InChI=1S/C13H28N4O.HI/c1-6-8-15-12(18)9-16-13(14-7-2)17-11(5)10(3)4;/h10-11H,6-9H2,1-5H3,(H,15,18)(H2,14,16,17);1H. The zero-order valence-electron chi connectivity index (χ0n) is 12.7. The summed E-state index contributed by atoms with van der Waals surface area (Å²) in [7, 11) is 0. The summed E-state index contributed by atoms with van der Waals surface area (Å²) in [5.41, 5.74) is 0. The minimum absolute atomic E-state index is 0. The molecule has 5 nitrogen and oxygen atoms in total. The van der Waals surface area contributed by atoms with Crippen LogP contribution < -0.4 is 16.0 Å². The molecule has 6 heteroatoms. The molecular weight excluding hydrogens is 355 g/mol. The number of guanidine groups is 1. The van der Waals surface area contributed by atoms with Crippen LogP contribution in [0, 0.1) is 5.92 Å². The van der Waals surface area contributed by atoms with E-state index in [-0.39, 0.29) is 36.4 Å². The molecule has 0 radical (unpaired) electrons. The highest BCUT2D eigenvalue weighted by Crippen LogP contribution is 1.99. The summed E-state index contributed by atoms with van der Waals surface area (Å²) in [5.74, 6) is 1.18. The van der Waals surface area contributed by atoms with Crippen LogP contribution in [0.4, 0.5) is 0 Å². The first-order chi connectivity index (χ1) is 8.51. The molecule has 1 atom stereocenters. The van der Waals surface area contributed by atoms with Gasteiger partial charge in [-0.1, -0.05) is 20.8 Å². The molecule has 0 saturated heterocycles. The van der Waals surface area contributed by atoms with Gasteiger partial charge in [0, 0.05) is 19.1 Å². The summed E-state index contributed by atoms with van der Waals surface area (Å²) in [6, 6.07) is 0.321. The number of carbonyl (C=O) groups excluding carboxylic acids is 1. The molecule has 0 spiro atoms. The van der Waals surface area contributed by atoms with Crippen molar-refractivity contribution >= 4 is 35.8 Å². The largest absolute Gasteiger partial charge is 0.357 e. The van der Waals surface area contributed by atoms with E-state index in [0.717, 1.165) is 13.0 Å². The number of halogens is 1. The Kier molecular flexibility index (Phi) is 13.7. The third-order valence-corrected chi connectivity index (χ3v) is 2.66. The Hall–Kier alpha value is -0.530. The smallest absolute Gasteiger partial charge is 0.241 e. The van der Waals surface area contributed by atoms with Crippen LogP contribution >= 0.6 is 24.0 Å². The van der Waals surface area contributed by atoms with E-state index in [1.165, 1.54) is 0 Å². The third kappa shape index (κ3) is 11.0. The van der Waals surface area contributed by atoms with Crippen molar-refractivity contribution in [3.05, 3.63) is 0 Å². The minimum atomic E-state index is -0.0359. The topological polar surface area (TPSA) is 65.5 Å². The molecule has 1 amide bonds. The van der Waals surface area contributed by atoms with Crippen molar-refractivity contribution < 1.29 is 4.79 Å². The lowest BCUT2D eigenvalue weighted by Gasteiger charge is -2.20. The van der Waals surface area contributed by atoms with Crippen LogP contribution in [0.2, 0.25) is 0 Å². The predicted molar refractivity (Wildman–Crippen MR) is 92.1 cm³/mol. The maximum Gasteiger partial charge on any atom is 0.241 e. The second-order valence-corrected chi connectivity index (χ2v) is 4.72. The molecule has 0 aromatic heterocycles. The van der Waals surface area contributed by atoms with Gasteiger partial charge in [0.1, 0.15) is 6.54 Å². The molecule has 0 heterocycles. The van der Waals surface area contributed by atoms with Gasteiger partial charge >= 0.3 is 0 Å². The fourth-order valence-corrected chi connectivity index (χ4v) is 1.17. The first-order valence-electron chi connectivity index (χ1n) is 6.82. The molecule has 0 fully saturated rings. The average molecular weight is 384 g/mol. The molecule has 3 N–H and O–H groups in total.